The van der Waals surface area contributed by atoms with E-state index >= 15 is 0 Å². The summed E-state index contributed by atoms with van der Waals surface area (Å²) in [4.78, 5) is 14.3. The van der Waals surface area contributed by atoms with E-state index in [4.69, 9.17) is 0 Å². The van der Waals surface area contributed by atoms with Crippen molar-refractivity contribution in [2.24, 2.45) is 5.41 Å². The van der Waals surface area contributed by atoms with Gasteiger partial charge in [-0.05, 0) is 36.7 Å². The molecule has 0 aromatic carbocycles. The van der Waals surface area contributed by atoms with Gasteiger partial charge in [-0.15, -0.1) is 0 Å². The number of hydrogen-bond acceptors (Lipinski definition) is 3. The van der Waals surface area contributed by atoms with Crippen LogP contribution in [0.1, 0.15) is 57.3 Å². The normalized spacial score (nSPS) is 20.5. The maximum atomic E-state index is 11.4. The van der Waals surface area contributed by atoms with Gasteiger partial charge in [-0.2, -0.15) is 0 Å². The molecule has 4 heteroatoms. The van der Waals surface area contributed by atoms with Crippen LogP contribution in [-0.2, 0) is 6.42 Å². The van der Waals surface area contributed by atoms with Gasteiger partial charge in [0.15, 0.2) is 0 Å². The molecule has 112 valence electrons. The van der Waals surface area contributed by atoms with Crippen molar-refractivity contribution < 1.29 is 5.11 Å². The molecule has 20 heavy (non-hydrogen) atoms. The van der Waals surface area contributed by atoms with Crippen molar-refractivity contribution in [3.8, 4) is 0 Å². The number of pyridine rings is 1. The predicted molar refractivity (Wildman–Crippen MR) is 80.8 cm³/mol. The molecule has 0 saturated carbocycles. The number of rotatable bonds is 4. The Morgan fingerprint density at radius 2 is 2.20 bits per heavy atom. The largest absolute Gasteiger partial charge is 0.392 e. The van der Waals surface area contributed by atoms with Crippen LogP contribution in [0.4, 0.5) is 0 Å². The van der Waals surface area contributed by atoms with E-state index in [0.29, 0.717) is 6.54 Å². The Labute approximate surface area is 120 Å². The van der Waals surface area contributed by atoms with Crippen molar-refractivity contribution in [1.29, 1.82) is 0 Å². The second-order valence-electron chi connectivity index (χ2n) is 7.03. The summed E-state index contributed by atoms with van der Waals surface area (Å²) >= 11 is 0. The Morgan fingerprint density at radius 3 is 2.90 bits per heavy atom. The molecule has 1 aromatic rings. The average Bonchev–Trinajstić information content (AvgIpc) is 2.33. The number of H-pyrrole nitrogens is 1. The SMILES string of the molecule is CC(C)(C)CC(O)CNC1CCCc2[nH]c(=O)ccc21. The molecule has 1 aromatic heterocycles. The van der Waals surface area contributed by atoms with Crippen LogP contribution in [0.15, 0.2) is 16.9 Å². The van der Waals surface area contributed by atoms with E-state index in [-0.39, 0.29) is 23.1 Å². The number of hydrogen-bond donors (Lipinski definition) is 3. The minimum Gasteiger partial charge on any atom is -0.392 e. The Morgan fingerprint density at radius 1 is 1.45 bits per heavy atom. The zero-order valence-corrected chi connectivity index (χ0v) is 12.7. The summed E-state index contributed by atoms with van der Waals surface area (Å²) < 4.78 is 0. The Balaban J connectivity index is 1.97. The minimum absolute atomic E-state index is 0.0304. The molecule has 0 fully saturated rings. The molecule has 0 amide bonds. The first-order valence-corrected chi connectivity index (χ1v) is 7.49. The van der Waals surface area contributed by atoms with Gasteiger partial charge in [0, 0.05) is 24.3 Å². The fourth-order valence-corrected chi connectivity index (χ4v) is 2.97. The van der Waals surface area contributed by atoms with E-state index in [1.165, 1.54) is 5.56 Å². The van der Waals surface area contributed by atoms with Crippen LogP contribution >= 0.6 is 0 Å². The quantitative estimate of drug-likeness (QED) is 0.790. The van der Waals surface area contributed by atoms with Crippen LogP contribution in [-0.4, -0.2) is 22.7 Å². The Bertz CT molecular complexity index is 502. The van der Waals surface area contributed by atoms with Crippen LogP contribution in [0, 0.1) is 5.41 Å². The highest BCUT2D eigenvalue weighted by atomic mass is 16.3. The highest BCUT2D eigenvalue weighted by molar-refractivity contribution is 5.26. The number of aryl methyl sites for hydroxylation is 1. The van der Waals surface area contributed by atoms with E-state index in [9.17, 15) is 9.90 Å². The summed E-state index contributed by atoms with van der Waals surface area (Å²) in [7, 11) is 0. The summed E-state index contributed by atoms with van der Waals surface area (Å²) in [5.74, 6) is 0. The number of aromatic nitrogens is 1. The summed E-state index contributed by atoms with van der Waals surface area (Å²) in [5, 5.41) is 13.5. The molecule has 0 spiro atoms. The minimum atomic E-state index is -0.330. The van der Waals surface area contributed by atoms with Crippen molar-refractivity contribution in [3.63, 3.8) is 0 Å². The lowest BCUT2D eigenvalue weighted by Crippen LogP contribution is -2.34. The molecular weight excluding hydrogens is 252 g/mol. The van der Waals surface area contributed by atoms with Crippen molar-refractivity contribution in [1.82, 2.24) is 10.3 Å². The van der Waals surface area contributed by atoms with Crippen LogP contribution in [0.3, 0.4) is 0 Å². The second kappa shape index (κ2) is 6.10. The Kier molecular flexibility index (Phi) is 4.66. The Hall–Kier alpha value is -1.13. The zero-order chi connectivity index (χ0) is 14.8. The van der Waals surface area contributed by atoms with Gasteiger partial charge in [-0.25, -0.2) is 0 Å². The smallest absolute Gasteiger partial charge is 0.248 e. The van der Waals surface area contributed by atoms with Crippen LogP contribution in [0.5, 0.6) is 0 Å². The molecule has 0 saturated heterocycles. The topological polar surface area (TPSA) is 65.1 Å². The van der Waals surface area contributed by atoms with Crippen molar-refractivity contribution in [3.05, 3.63) is 33.7 Å². The number of aliphatic hydroxyl groups is 1. The summed E-state index contributed by atoms with van der Waals surface area (Å²) in [6, 6.07) is 3.75. The molecule has 1 aliphatic rings. The number of nitrogens with one attached hydrogen (secondary N) is 2. The molecule has 2 atom stereocenters. The molecule has 2 rings (SSSR count). The van der Waals surface area contributed by atoms with E-state index in [0.717, 1.165) is 31.4 Å². The standard InChI is InChI=1S/C16H26N2O2/c1-16(2,3)9-11(19)10-17-13-5-4-6-14-12(13)7-8-15(20)18-14/h7-8,11,13,17,19H,4-6,9-10H2,1-3H3,(H,18,20). The molecule has 1 aliphatic carbocycles. The first kappa shape index (κ1) is 15.3. The van der Waals surface area contributed by atoms with Crippen LogP contribution in [0.25, 0.3) is 0 Å². The number of aliphatic hydroxyl groups excluding tert-OH is 1. The number of aromatic amines is 1. The van der Waals surface area contributed by atoms with E-state index < -0.39 is 0 Å². The van der Waals surface area contributed by atoms with Crippen LogP contribution in [0.2, 0.25) is 0 Å². The second-order valence-corrected chi connectivity index (χ2v) is 7.03. The fraction of sp³-hybridized carbons (Fsp3) is 0.688. The lowest BCUT2D eigenvalue weighted by atomic mass is 9.88. The predicted octanol–water partition coefficient (Wildman–Crippen LogP) is 2.14. The van der Waals surface area contributed by atoms with Gasteiger partial charge >= 0.3 is 0 Å². The molecule has 0 bridgehead atoms. The average molecular weight is 278 g/mol. The third-order valence-corrected chi connectivity index (χ3v) is 3.78. The van der Waals surface area contributed by atoms with E-state index in [1.54, 1.807) is 6.07 Å². The van der Waals surface area contributed by atoms with E-state index in [2.05, 4.69) is 31.1 Å². The molecular formula is C16H26N2O2. The van der Waals surface area contributed by atoms with Gasteiger partial charge in [0.05, 0.1) is 6.10 Å². The highest BCUT2D eigenvalue weighted by Gasteiger charge is 2.22. The molecule has 1 heterocycles. The van der Waals surface area contributed by atoms with Crippen molar-refractivity contribution in [2.75, 3.05) is 6.54 Å². The molecule has 3 N–H and O–H groups in total. The van der Waals surface area contributed by atoms with Crippen molar-refractivity contribution in [2.45, 2.75) is 58.6 Å². The van der Waals surface area contributed by atoms with Gasteiger partial charge in [-0.3, -0.25) is 4.79 Å². The third kappa shape index (κ3) is 4.18. The maximum Gasteiger partial charge on any atom is 0.248 e. The van der Waals surface area contributed by atoms with Crippen molar-refractivity contribution >= 4 is 0 Å². The zero-order valence-electron chi connectivity index (χ0n) is 12.7. The molecule has 0 aliphatic heterocycles. The summed E-state index contributed by atoms with van der Waals surface area (Å²) in [5.41, 5.74) is 2.33. The monoisotopic (exact) mass is 278 g/mol. The molecule has 4 nitrogen and oxygen atoms in total. The lowest BCUT2D eigenvalue weighted by Gasteiger charge is -2.28. The highest BCUT2D eigenvalue weighted by Crippen LogP contribution is 2.28. The first-order valence-electron chi connectivity index (χ1n) is 7.49. The van der Waals surface area contributed by atoms with Gasteiger partial charge in [0.25, 0.3) is 0 Å². The molecule has 2 unspecified atom stereocenters. The van der Waals surface area contributed by atoms with E-state index in [1.807, 2.05) is 6.07 Å². The van der Waals surface area contributed by atoms with Gasteiger partial charge in [0.2, 0.25) is 5.56 Å². The van der Waals surface area contributed by atoms with Gasteiger partial charge < -0.3 is 15.4 Å². The van der Waals surface area contributed by atoms with Crippen LogP contribution < -0.4 is 10.9 Å². The van der Waals surface area contributed by atoms with Gasteiger partial charge in [0.1, 0.15) is 0 Å². The lowest BCUT2D eigenvalue weighted by molar-refractivity contribution is 0.115. The number of fused-ring (bicyclic) bond motifs is 1. The summed E-state index contributed by atoms with van der Waals surface area (Å²) in [6.07, 6.45) is 3.52. The first-order chi connectivity index (χ1) is 9.35. The fourth-order valence-electron chi connectivity index (χ4n) is 2.97. The maximum absolute atomic E-state index is 11.4. The third-order valence-electron chi connectivity index (χ3n) is 3.78. The molecule has 0 radical (unpaired) electrons. The summed E-state index contributed by atoms with van der Waals surface area (Å²) in [6.45, 7) is 7.01. The van der Waals surface area contributed by atoms with Gasteiger partial charge in [-0.1, -0.05) is 26.8 Å².